The standard InChI is InChI=1S/C9H14N4O3/c1-5-2-3-10-4-6(5)16-8-7(14)11-9(15)13-12-8/h5-6,10H,2-4H2,1H3,(H2,11,13,14,15). The molecule has 0 radical (unpaired) electrons. The van der Waals surface area contributed by atoms with Crippen molar-refractivity contribution in [2.24, 2.45) is 5.92 Å². The molecule has 0 amide bonds. The van der Waals surface area contributed by atoms with Crippen LogP contribution in [0.2, 0.25) is 0 Å². The highest BCUT2D eigenvalue weighted by molar-refractivity contribution is 5.01. The van der Waals surface area contributed by atoms with E-state index in [0.29, 0.717) is 12.5 Å². The molecule has 0 saturated carbocycles. The minimum absolute atomic E-state index is 0.0832. The average Bonchev–Trinajstić information content (AvgIpc) is 2.25. The van der Waals surface area contributed by atoms with Crippen LogP contribution in [0.4, 0.5) is 0 Å². The second-order valence-corrected chi connectivity index (χ2v) is 3.94. The van der Waals surface area contributed by atoms with Crippen LogP contribution in [0.15, 0.2) is 9.59 Å². The summed E-state index contributed by atoms with van der Waals surface area (Å²) in [7, 11) is 0. The van der Waals surface area contributed by atoms with Gasteiger partial charge in [-0.2, -0.15) is 0 Å². The molecule has 1 saturated heterocycles. The molecule has 1 aliphatic rings. The zero-order valence-electron chi connectivity index (χ0n) is 8.95. The minimum Gasteiger partial charge on any atom is -0.468 e. The first-order chi connectivity index (χ1) is 7.66. The van der Waals surface area contributed by atoms with Gasteiger partial charge < -0.3 is 10.1 Å². The molecule has 0 spiro atoms. The number of hydrogen-bond acceptors (Lipinski definition) is 5. The zero-order chi connectivity index (χ0) is 11.5. The predicted octanol–water partition coefficient (Wildman–Crippen LogP) is -1.16. The molecule has 7 nitrogen and oxygen atoms in total. The van der Waals surface area contributed by atoms with E-state index < -0.39 is 11.2 Å². The number of piperidine rings is 1. The van der Waals surface area contributed by atoms with Crippen molar-refractivity contribution in [1.82, 2.24) is 20.5 Å². The molecule has 88 valence electrons. The van der Waals surface area contributed by atoms with Crippen LogP contribution in [0.25, 0.3) is 0 Å². The van der Waals surface area contributed by atoms with Crippen LogP contribution in [0, 0.1) is 5.92 Å². The Morgan fingerprint density at radius 1 is 1.44 bits per heavy atom. The molecule has 1 aliphatic heterocycles. The van der Waals surface area contributed by atoms with Crippen molar-refractivity contribution in [2.75, 3.05) is 13.1 Å². The van der Waals surface area contributed by atoms with Gasteiger partial charge in [0, 0.05) is 6.54 Å². The number of rotatable bonds is 2. The number of nitrogens with zero attached hydrogens (tertiary/aromatic N) is 1. The second-order valence-electron chi connectivity index (χ2n) is 3.94. The Labute approximate surface area is 91.2 Å². The van der Waals surface area contributed by atoms with Gasteiger partial charge in [0.1, 0.15) is 6.10 Å². The van der Waals surface area contributed by atoms with Crippen LogP contribution >= 0.6 is 0 Å². The SMILES string of the molecule is CC1CCNCC1Oc1n[nH]c(=O)[nH]c1=O. The molecule has 2 rings (SSSR count). The van der Waals surface area contributed by atoms with Gasteiger partial charge in [0.25, 0.3) is 5.88 Å². The van der Waals surface area contributed by atoms with Crippen molar-refractivity contribution >= 4 is 0 Å². The van der Waals surface area contributed by atoms with Crippen molar-refractivity contribution in [3.8, 4) is 5.88 Å². The maximum Gasteiger partial charge on any atom is 0.342 e. The Kier molecular flexibility index (Phi) is 3.04. The quantitative estimate of drug-likeness (QED) is 0.590. The summed E-state index contributed by atoms with van der Waals surface area (Å²) < 4.78 is 5.47. The molecular weight excluding hydrogens is 212 g/mol. The highest BCUT2D eigenvalue weighted by atomic mass is 16.5. The number of ether oxygens (including phenoxy) is 1. The fourth-order valence-corrected chi connectivity index (χ4v) is 1.68. The lowest BCUT2D eigenvalue weighted by Crippen LogP contribution is -2.44. The fraction of sp³-hybridized carbons (Fsp3) is 0.667. The van der Waals surface area contributed by atoms with Crippen LogP contribution < -0.4 is 21.3 Å². The molecule has 0 aromatic carbocycles. The van der Waals surface area contributed by atoms with Gasteiger partial charge in [-0.15, -0.1) is 5.10 Å². The number of H-pyrrole nitrogens is 2. The van der Waals surface area contributed by atoms with E-state index in [2.05, 4.69) is 27.4 Å². The topological polar surface area (TPSA) is 99.9 Å². The Bertz CT molecular complexity index is 466. The van der Waals surface area contributed by atoms with Gasteiger partial charge in [0.05, 0.1) is 0 Å². The molecule has 2 unspecified atom stereocenters. The summed E-state index contributed by atoms with van der Waals surface area (Å²) >= 11 is 0. The van der Waals surface area contributed by atoms with Gasteiger partial charge in [-0.3, -0.25) is 9.78 Å². The summed E-state index contributed by atoms with van der Waals surface area (Å²) in [5.41, 5.74) is -1.23. The van der Waals surface area contributed by atoms with Crippen molar-refractivity contribution in [1.29, 1.82) is 0 Å². The summed E-state index contributed by atoms with van der Waals surface area (Å²) in [5, 5.41) is 8.89. The van der Waals surface area contributed by atoms with E-state index in [1.165, 1.54) is 0 Å². The van der Waals surface area contributed by atoms with Crippen molar-refractivity contribution in [3.63, 3.8) is 0 Å². The van der Waals surface area contributed by atoms with Gasteiger partial charge in [-0.05, 0) is 18.9 Å². The van der Waals surface area contributed by atoms with E-state index in [9.17, 15) is 9.59 Å². The van der Waals surface area contributed by atoms with E-state index in [1.807, 2.05) is 0 Å². The number of aromatic nitrogens is 3. The minimum atomic E-state index is -0.632. The molecule has 1 aromatic rings. The van der Waals surface area contributed by atoms with E-state index >= 15 is 0 Å². The zero-order valence-corrected chi connectivity index (χ0v) is 8.95. The van der Waals surface area contributed by atoms with Crippen molar-refractivity contribution < 1.29 is 4.74 Å². The fourth-order valence-electron chi connectivity index (χ4n) is 1.68. The number of aromatic amines is 2. The lowest BCUT2D eigenvalue weighted by Gasteiger charge is -2.28. The monoisotopic (exact) mass is 226 g/mol. The third kappa shape index (κ3) is 2.30. The first-order valence-electron chi connectivity index (χ1n) is 5.23. The Hall–Kier alpha value is -1.63. The highest BCUT2D eigenvalue weighted by Crippen LogP contribution is 2.15. The van der Waals surface area contributed by atoms with E-state index in [-0.39, 0.29) is 12.0 Å². The normalized spacial score (nSPS) is 25.3. The summed E-state index contributed by atoms with van der Waals surface area (Å²) in [6.45, 7) is 3.70. The Morgan fingerprint density at radius 3 is 2.94 bits per heavy atom. The molecule has 0 bridgehead atoms. The van der Waals surface area contributed by atoms with Gasteiger partial charge in [0.2, 0.25) is 0 Å². The molecule has 0 aliphatic carbocycles. The Morgan fingerprint density at radius 2 is 2.25 bits per heavy atom. The van der Waals surface area contributed by atoms with Crippen molar-refractivity contribution in [3.05, 3.63) is 20.8 Å². The average molecular weight is 226 g/mol. The second kappa shape index (κ2) is 4.48. The summed E-state index contributed by atoms with van der Waals surface area (Å²) in [6.07, 6.45) is 0.902. The van der Waals surface area contributed by atoms with Crippen LogP contribution in [-0.4, -0.2) is 34.4 Å². The van der Waals surface area contributed by atoms with Crippen LogP contribution in [-0.2, 0) is 0 Å². The molecular formula is C9H14N4O3. The van der Waals surface area contributed by atoms with E-state index in [4.69, 9.17) is 4.74 Å². The molecule has 7 heteroatoms. The van der Waals surface area contributed by atoms with Gasteiger partial charge in [0.15, 0.2) is 0 Å². The Balaban J connectivity index is 2.14. The first-order valence-corrected chi connectivity index (χ1v) is 5.23. The predicted molar refractivity (Wildman–Crippen MR) is 56.5 cm³/mol. The molecule has 16 heavy (non-hydrogen) atoms. The maximum atomic E-state index is 11.3. The van der Waals surface area contributed by atoms with Crippen LogP contribution in [0.5, 0.6) is 5.88 Å². The molecule has 1 fully saturated rings. The third-order valence-electron chi connectivity index (χ3n) is 2.70. The summed E-state index contributed by atoms with van der Waals surface area (Å²) in [6, 6.07) is 0. The molecule has 2 heterocycles. The number of hydrogen-bond donors (Lipinski definition) is 3. The van der Waals surface area contributed by atoms with Crippen LogP contribution in [0.3, 0.4) is 0 Å². The molecule has 1 aromatic heterocycles. The van der Waals surface area contributed by atoms with E-state index in [1.54, 1.807) is 0 Å². The third-order valence-corrected chi connectivity index (χ3v) is 2.70. The lowest BCUT2D eigenvalue weighted by atomic mass is 9.97. The van der Waals surface area contributed by atoms with Crippen molar-refractivity contribution in [2.45, 2.75) is 19.4 Å². The smallest absolute Gasteiger partial charge is 0.342 e. The van der Waals surface area contributed by atoms with Gasteiger partial charge in [-0.25, -0.2) is 9.89 Å². The summed E-state index contributed by atoms with van der Waals surface area (Å²) in [4.78, 5) is 24.2. The molecule has 3 N–H and O–H groups in total. The number of nitrogens with one attached hydrogen (secondary N) is 3. The lowest BCUT2D eigenvalue weighted by molar-refractivity contribution is 0.106. The van der Waals surface area contributed by atoms with Gasteiger partial charge in [-0.1, -0.05) is 6.92 Å². The van der Waals surface area contributed by atoms with Gasteiger partial charge >= 0.3 is 11.2 Å². The first kappa shape index (κ1) is 10.9. The highest BCUT2D eigenvalue weighted by Gasteiger charge is 2.24. The summed E-state index contributed by atoms with van der Waals surface area (Å²) in [5.74, 6) is 0.273. The van der Waals surface area contributed by atoms with Crippen LogP contribution in [0.1, 0.15) is 13.3 Å². The largest absolute Gasteiger partial charge is 0.468 e. The maximum absolute atomic E-state index is 11.3. The molecule has 2 atom stereocenters. The van der Waals surface area contributed by atoms with E-state index in [0.717, 1.165) is 13.0 Å².